The van der Waals surface area contributed by atoms with Crippen LogP contribution in [-0.4, -0.2) is 16.5 Å². The van der Waals surface area contributed by atoms with E-state index >= 15 is 0 Å². The fourth-order valence-electron chi connectivity index (χ4n) is 1.98. The first-order valence-electron chi connectivity index (χ1n) is 6.14. The minimum Gasteiger partial charge on any atom is -0.370 e. The maximum absolute atomic E-state index is 14.0. The van der Waals surface area contributed by atoms with Gasteiger partial charge >= 0.3 is 0 Å². The molecule has 0 bridgehead atoms. The molecule has 0 aliphatic rings. The van der Waals surface area contributed by atoms with Gasteiger partial charge in [-0.1, -0.05) is 17.7 Å². The first kappa shape index (κ1) is 13.3. The molecule has 3 nitrogen and oxygen atoms in total. The number of anilines is 1. The average Bonchev–Trinajstić information content (AvgIpc) is 2.87. The Morgan fingerprint density at radius 1 is 1.30 bits per heavy atom. The number of thiophene rings is 1. The van der Waals surface area contributed by atoms with Gasteiger partial charge in [-0.3, -0.25) is 0 Å². The van der Waals surface area contributed by atoms with Gasteiger partial charge in [-0.05, 0) is 30.5 Å². The summed E-state index contributed by atoms with van der Waals surface area (Å²) in [6.07, 6.45) is 0. The molecular formula is C14H11ClFN3S. The van der Waals surface area contributed by atoms with Crippen molar-refractivity contribution in [2.24, 2.45) is 0 Å². The summed E-state index contributed by atoms with van der Waals surface area (Å²) in [5.74, 6) is 0.586. The Morgan fingerprint density at radius 3 is 2.90 bits per heavy atom. The van der Waals surface area contributed by atoms with Gasteiger partial charge in [-0.25, -0.2) is 14.4 Å². The molecular weight excluding hydrogens is 297 g/mol. The topological polar surface area (TPSA) is 37.8 Å². The van der Waals surface area contributed by atoms with Crippen molar-refractivity contribution in [1.82, 2.24) is 9.97 Å². The summed E-state index contributed by atoms with van der Waals surface area (Å²) in [4.78, 5) is 9.64. The molecule has 0 fully saturated rings. The van der Waals surface area contributed by atoms with Crippen molar-refractivity contribution >= 4 is 39.0 Å². The van der Waals surface area contributed by atoms with Gasteiger partial charge in [-0.15, -0.1) is 11.3 Å². The zero-order valence-corrected chi connectivity index (χ0v) is 12.2. The van der Waals surface area contributed by atoms with E-state index < -0.39 is 5.82 Å². The lowest BCUT2D eigenvalue weighted by molar-refractivity contribution is 0.630. The molecule has 20 heavy (non-hydrogen) atoms. The number of halogens is 2. The molecule has 1 aromatic carbocycles. The smallest absolute Gasteiger partial charge is 0.167 e. The average molecular weight is 308 g/mol. The Balaban J connectivity index is 2.26. The van der Waals surface area contributed by atoms with Crippen LogP contribution >= 0.6 is 22.9 Å². The second kappa shape index (κ2) is 5.34. The van der Waals surface area contributed by atoms with Crippen LogP contribution in [0.1, 0.15) is 6.92 Å². The molecule has 0 radical (unpaired) electrons. The highest BCUT2D eigenvalue weighted by Crippen LogP contribution is 2.32. The lowest BCUT2D eigenvalue weighted by atomic mass is 10.2. The molecule has 0 saturated heterocycles. The summed E-state index contributed by atoms with van der Waals surface area (Å²) < 4.78 is 14.0. The third-order valence-corrected chi connectivity index (χ3v) is 3.98. The van der Waals surface area contributed by atoms with E-state index in [4.69, 9.17) is 11.6 Å². The molecule has 0 saturated carbocycles. The molecule has 3 aromatic rings. The fraction of sp³-hybridized carbons (Fsp3) is 0.143. The van der Waals surface area contributed by atoms with Gasteiger partial charge in [-0.2, -0.15) is 0 Å². The number of nitrogens with zero attached hydrogens (tertiary/aromatic N) is 2. The Hall–Kier alpha value is -1.72. The summed E-state index contributed by atoms with van der Waals surface area (Å²) in [7, 11) is 0. The number of aromatic nitrogens is 2. The fourth-order valence-corrected chi connectivity index (χ4v) is 2.99. The Labute approximate surface area is 124 Å². The summed E-state index contributed by atoms with van der Waals surface area (Å²) in [5, 5.41) is 6.36. The molecule has 0 unspecified atom stereocenters. The van der Waals surface area contributed by atoms with Crippen molar-refractivity contribution in [3.63, 3.8) is 0 Å². The van der Waals surface area contributed by atoms with Gasteiger partial charge in [0.25, 0.3) is 0 Å². The summed E-state index contributed by atoms with van der Waals surface area (Å²) >= 11 is 7.57. The van der Waals surface area contributed by atoms with Crippen LogP contribution in [0.3, 0.4) is 0 Å². The Bertz CT molecular complexity index is 752. The highest BCUT2D eigenvalue weighted by atomic mass is 35.5. The van der Waals surface area contributed by atoms with Crippen LogP contribution in [0.2, 0.25) is 5.02 Å². The van der Waals surface area contributed by atoms with E-state index in [9.17, 15) is 4.39 Å². The molecule has 0 amide bonds. The van der Waals surface area contributed by atoms with Gasteiger partial charge in [0, 0.05) is 6.54 Å². The van der Waals surface area contributed by atoms with Gasteiger partial charge in [0.1, 0.15) is 16.5 Å². The number of fused-ring (bicyclic) bond motifs is 1. The summed E-state index contributed by atoms with van der Waals surface area (Å²) in [6.45, 7) is 2.71. The highest BCUT2D eigenvalue weighted by molar-refractivity contribution is 7.16. The third kappa shape index (κ3) is 2.23. The number of nitrogens with one attached hydrogen (secondary N) is 1. The van der Waals surface area contributed by atoms with Crippen LogP contribution in [0, 0.1) is 5.82 Å². The Morgan fingerprint density at radius 2 is 2.15 bits per heavy atom. The van der Waals surface area contributed by atoms with Crippen molar-refractivity contribution in [1.29, 1.82) is 0 Å². The molecule has 0 aliphatic carbocycles. The SMILES string of the molecule is CCNc1nc(-c2c(F)cccc2Cl)nc2sccc12. The zero-order valence-electron chi connectivity index (χ0n) is 10.7. The van der Waals surface area contributed by atoms with Crippen molar-refractivity contribution in [2.75, 3.05) is 11.9 Å². The van der Waals surface area contributed by atoms with E-state index in [1.807, 2.05) is 18.4 Å². The first-order chi connectivity index (χ1) is 9.70. The largest absolute Gasteiger partial charge is 0.370 e. The van der Waals surface area contributed by atoms with Crippen LogP contribution in [0.5, 0.6) is 0 Å². The van der Waals surface area contributed by atoms with E-state index in [2.05, 4.69) is 15.3 Å². The quantitative estimate of drug-likeness (QED) is 0.769. The number of hydrogen-bond donors (Lipinski definition) is 1. The summed E-state index contributed by atoms with van der Waals surface area (Å²) in [6, 6.07) is 6.51. The molecule has 0 atom stereocenters. The van der Waals surface area contributed by atoms with Crippen molar-refractivity contribution in [3.8, 4) is 11.4 Å². The first-order valence-corrected chi connectivity index (χ1v) is 7.40. The molecule has 102 valence electrons. The molecule has 2 heterocycles. The van der Waals surface area contributed by atoms with E-state index in [0.717, 1.165) is 16.8 Å². The number of rotatable bonds is 3. The molecule has 6 heteroatoms. The monoisotopic (exact) mass is 307 g/mol. The number of benzene rings is 1. The maximum Gasteiger partial charge on any atom is 0.167 e. The van der Waals surface area contributed by atoms with Crippen molar-refractivity contribution in [3.05, 3.63) is 40.5 Å². The van der Waals surface area contributed by atoms with Gasteiger partial charge in [0.05, 0.1) is 16.0 Å². The molecule has 1 N–H and O–H groups in total. The van der Waals surface area contributed by atoms with Gasteiger partial charge in [0.2, 0.25) is 0 Å². The molecule has 2 aromatic heterocycles. The standard InChI is InChI=1S/C14H11ClFN3S/c1-2-17-12-8-6-7-20-14(8)19-13(18-12)11-9(15)4-3-5-10(11)16/h3-7H,2H2,1H3,(H,17,18,19). The predicted octanol–water partition coefficient (Wildman–Crippen LogP) is 4.58. The van der Waals surface area contributed by atoms with Gasteiger partial charge in [0.15, 0.2) is 5.82 Å². The minimum atomic E-state index is -0.421. The van der Waals surface area contributed by atoms with Gasteiger partial charge < -0.3 is 5.32 Å². The van der Waals surface area contributed by atoms with E-state index in [0.29, 0.717) is 16.7 Å². The third-order valence-electron chi connectivity index (χ3n) is 2.86. The molecule has 3 rings (SSSR count). The van der Waals surface area contributed by atoms with E-state index in [1.165, 1.54) is 17.4 Å². The van der Waals surface area contributed by atoms with Crippen LogP contribution in [0.4, 0.5) is 10.2 Å². The van der Waals surface area contributed by atoms with E-state index in [-0.39, 0.29) is 5.56 Å². The highest BCUT2D eigenvalue weighted by Gasteiger charge is 2.16. The second-order valence-corrected chi connectivity index (χ2v) is 5.46. The van der Waals surface area contributed by atoms with Crippen molar-refractivity contribution in [2.45, 2.75) is 6.92 Å². The second-order valence-electron chi connectivity index (χ2n) is 4.16. The van der Waals surface area contributed by atoms with Crippen LogP contribution in [0.15, 0.2) is 29.6 Å². The normalized spacial score (nSPS) is 10.9. The Kier molecular flexibility index (Phi) is 3.54. The number of hydrogen-bond acceptors (Lipinski definition) is 4. The van der Waals surface area contributed by atoms with Crippen LogP contribution < -0.4 is 5.32 Å². The lowest BCUT2D eigenvalue weighted by Crippen LogP contribution is -2.02. The molecule has 0 aliphatic heterocycles. The van der Waals surface area contributed by atoms with Crippen LogP contribution in [-0.2, 0) is 0 Å². The van der Waals surface area contributed by atoms with Crippen molar-refractivity contribution < 1.29 is 4.39 Å². The predicted molar refractivity (Wildman–Crippen MR) is 82.0 cm³/mol. The minimum absolute atomic E-state index is 0.239. The molecule has 0 spiro atoms. The zero-order chi connectivity index (χ0) is 14.1. The summed E-state index contributed by atoms with van der Waals surface area (Å²) in [5.41, 5.74) is 0.239. The lowest BCUT2D eigenvalue weighted by Gasteiger charge is -2.08. The van der Waals surface area contributed by atoms with E-state index in [1.54, 1.807) is 12.1 Å². The maximum atomic E-state index is 14.0. The van der Waals surface area contributed by atoms with Crippen LogP contribution in [0.25, 0.3) is 21.6 Å².